The van der Waals surface area contributed by atoms with E-state index in [1.165, 1.54) is 13.0 Å². The van der Waals surface area contributed by atoms with Gasteiger partial charge in [-0.3, -0.25) is 4.79 Å². The summed E-state index contributed by atoms with van der Waals surface area (Å²) in [6, 6.07) is 1.49. The number of carbonyl (C=O) groups excluding carboxylic acids is 2. The Kier molecular flexibility index (Phi) is 5.63. The summed E-state index contributed by atoms with van der Waals surface area (Å²) in [4.78, 5) is 22.7. The van der Waals surface area contributed by atoms with E-state index in [0.29, 0.717) is 12.8 Å². The van der Waals surface area contributed by atoms with Crippen LogP contribution in [0.5, 0.6) is 5.75 Å². The molecule has 0 heterocycles. The highest BCUT2D eigenvalue weighted by atomic mass is 127. The van der Waals surface area contributed by atoms with Crippen molar-refractivity contribution in [2.45, 2.75) is 13.8 Å². The van der Waals surface area contributed by atoms with Crippen molar-refractivity contribution in [2.24, 2.45) is 0 Å². The zero-order chi connectivity index (χ0) is 13.9. The Labute approximate surface area is 132 Å². The minimum absolute atomic E-state index is 0.0970. The summed E-state index contributed by atoms with van der Waals surface area (Å²) in [6.07, 6.45) is 0. The van der Waals surface area contributed by atoms with Crippen LogP contribution in [0.25, 0.3) is 0 Å². The molecule has 0 unspecified atom stereocenters. The quantitative estimate of drug-likeness (QED) is 0.521. The van der Waals surface area contributed by atoms with Crippen LogP contribution in [0.4, 0.5) is 5.69 Å². The van der Waals surface area contributed by atoms with E-state index in [1.54, 1.807) is 6.92 Å². The van der Waals surface area contributed by atoms with Gasteiger partial charge in [0, 0.05) is 10.5 Å². The number of ether oxygens (including phenoxy) is 1. The SMILES string of the molecule is CCOC(=O)c1cc(I)c(NC(C)=O)c(I)c1O. The van der Waals surface area contributed by atoms with Crippen molar-refractivity contribution in [1.29, 1.82) is 0 Å². The molecule has 0 aliphatic heterocycles. The maximum Gasteiger partial charge on any atom is 0.341 e. The third-order valence-corrected chi connectivity index (χ3v) is 3.89. The van der Waals surface area contributed by atoms with E-state index in [4.69, 9.17) is 4.74 Å². The van der Waals surface area contributed by atoms with Crippen LogP contribution in [-0.2, 0) is 9.53 Å². The highest BCUT2D eigenvalue weighted by Crippen LogP contribution is 2.35. The van der Waals surface area contributed by atoms with Crippen molar-refractivity contribution in [3.8, 4) is 5.75 Å². The van der Waals surface area contributed by atoms with E-state index in [0.717, 1.165) is 0 Å². The largest absolute Gasteiger partial charge is 0.506 e. The second kappa shape index (κ2) is 6.55. The molecule has 0 aliphatic carbocycles. The molecular weight excluding hydrogens is 464 g/mol. The van der Waals surface area contributed by atoms with Crippen LogP contribution in [0.2, 0.25) is 0 Å². The topological polar surface area (TPSA) is 75.6 Å². The summed E-state index contributed by atoms with van der Waals surface area (Å²) in [6.45, 7) is 3.30. The standard InChI is InChI=1S/C11H11I2NO4/c1-3-18-11(17)6-4-7(12)9(14-5(2)15)8(13)10(6)16/h4,16H,3H2,1-2H3,(H,14,15). The molecule has 0 aliphatic rings. The molecular formula is C11H11I2NO4. The number of carbonyl (C=O) groups is 2. The first kappa shape index (κ1) is 15.5. The Morgan fingerprint density at radius 2 is 2.06 bits per heavy atom. The van der Waals surface area contributed by atoms with Gasteiger partial charge in [0.05, 0.1) is 15.9 Å². The molecule has 0 fully saturated rings. The molecule has 5 nitrogen and oxygen atoms in total. The Hall–Kier alpha value is -0.580. The number of hydrogen-bond donors (Lipinski definition) is 2. The van der Waals surface area contributed by atoms with Gasteiger partial charge in [0.25, 0.3) is 0 Å². The zero-order valence-corrected chi connectivity index (χ0v) is 14.0. The molecule has 18 heavy (non-hydrogen) atoms. The third-order valence-electron chi connectivity index (χ3n) is 1.99. The number of amides is 1. The number of benzene rings is 1. The van der Waals surface area contributed by atoms with Crippen molar-refractivity contribution in [3.05, 3.63) is 18.8 Å². The number of hydrogen-bond acceptors (Lipinski definition) is 4. The van der Waals surface area contributed by atoms with Crippen LogP contribution in [0, 0.1) is 7.14 Å². The number of anilines is 1. The lowest BCUT2D eigenvalue weighted by atomic mass is 10.2. The summed E-state index contributed by atoms with van der Waals surface area (Å²) in [5, 5.41) is 12.6. The second-order valence-electron chi connectivity index (χ2n) is 3.35. The maximum atomic E-state index is 11.6. The van der Waals surface area contributed by atoms with Crippen molar-refractivity contribution >= 4 is 62.7 Å². The molecule has 98 valence electrons. The van der Waals surface area contributed by atoms with Crippen LogP contribution >= 0.6 is 45.2 Å². The van der Waals surface area contributed by atoms with Crippen LogP contribution in [0.1, 0.15) is 24.2 Å². The van der Waals surface area contributed by atoms with Crippen LogP contribution in [-0.4, -0.2) is 23.6 Å². The van der Waals surface area contributed by atoms with Gasteiger partial charge in [0.15, 0.2) is 0 Å². The Balaban J connectivity index is 3.28. The molecule has 0 atom stereocenters. The second-order valence-corrected chi connectivity index (χ2v) is 5.59. The molecule has 7 heteroatoms. The molecule has 2 N–H and O–H groups in total. The van der Waals surface area contributed by atoms with Gasteiger partial charge < -0.3 is 15.2 Å². The van der Waals surface area contributed by atoms with Crippen molar-refractivity contribution < 1.29 is 19.4 Å². The molecule has 0 bridgehead atoms. The first-order valence-electron chi connectivity index (χ1n) is 5.04. The van der Waals surface area contributed by atoms with E-state index in [-0.39, 0.29) is 23.8 Å². The van der Waals surface area contributed by atoms with Crippen molar-refractivity contribution in [1.82, 2.24) is 0 Å². The highest BCUT2D eigenvalue weighted by molar-refractivity contribution is 14.1. The Bertz CT molecular complexity index is 502. The number of phenolic OH excluding ortho intramolecular Hbond substituents is 1. The first-order chi connectivity index (χ1) is 8.38. The van der Waals surface area contributed by atoms with Crippen LogP contribution in [0.15, 0.2) is 6.07 Å². The fourth-order valence-electron chi connectivity index (χ4n) is 1.26. The van der Waals surface area contributed by atoms with Gasteiger partial charge >= 0.3 is 5.97 Å². The average molecular weight is 475 g/mol. The number of halogens is 2. The fraction of sp³-hybridized carbons (Fsp3) is 0.273. The third kappa shape index (κ3) is 3.46. The minimum atomic E-state index is -0.583. The molecule has 1 rings (SSSR count). The van der Waals surface area contributed by atoms with Gasteiger partial charge in [0.2, 0.25) is 5.91 Å². The van der Waals surface area contributed by atoms with E-state index >= 15 is 0 Å². The van der Waals surface area contributed by atoms with Crippen molar-refractivity contribution in [2.75, 3.05) is 11.9 Å². The normalized spacial score (nSPS) is 10.0. The molecule has 1 amide bonds. The first-order valence-corrected chi connectivity index (χ1v) is 7.19. The zero-order valence-electron chi connectivity index (χ0n) is 9.71. The van der Waals surface area contributed by atoms with Gasteiger partial charge in [-0.25, -0.2) is 4.79 Å². The van der Waals surface area contributed by atoms with Crippen LogP contribution in [0.3, 0.4) is 0 Å². The molecule has 1 aromatic carbocycles. The summed E-state index contributed by atoms with van der Waals surface area (Å²) in [5.41, 5.74) is 0.592. The van der Waals surface area contributed by atoms with Gasteiger partial charge in [0.1, 0.15) is 11.3 Å². The van der Waals surface area contributed by atoms with Gasteiger partial charge in [-0.05, 0) is 58.2 Å². The van der Waals surface area contributed by atoms with Crippen molar-refractivity contribution in [3.63, 3.8) is 0 Å². The molecule has 0 radical (unpaired) electrons. The highest BCUT2D eigenvalue weighted by Gasteiger charge is 2.20. The Morgan fingerprint density at radius 3 is 2.56 bits per heavy atom. The van der Waals surface area contributed by atoms with E-state index < -0.39 is 5.97 Å². The number of aromatic hydroxyl groups is 1. The lowest BCUT2D eigenvalue weighted by Crippen LogP contribution is -2.12. The molecule has 0 aromatic heterocycles. The predicted octanol–water partition coefficient (Wildman–Crippen LogP) is 2.74. The lowest BCUT2D eigenvalue weighted by molar-refractivity contribution is -0.114. The van der Waals surface area contributed by atoms with Crippen LogP contribution < -0.4 is 5.32 Å². The molecule has 1 aromatic rings. The summed E-state index contributed by atoms with van der Waals surface area (Å²) >= 11 is 3.86. The minimum Gasteiger partial charge on any atom is -0.506 e. The van der Waals surface area contributed by atoms with E-state index in [2.05, 4.69) is 5.32 Å². The fourth-order valence-corrected chi connectivity index (χ4v) is 3.21. The van der Waals surface area contributed by atoms with E-state index in [9.17, 15) is 14.7 Å². The Morgan fingerprint density at radius 1 is 1.44 bits per heavy atom. The number of phenols is 1. The number of rotatable bonds is 3. The maximum absolute atomic E-state index is 11.6. The molecule has 0 saturated carbocycles. The monoisotopic (exact) mass is 475 g/mol. The van der Waals surface area contributed by atoms with Gasteiger partial charge in [-0.2, -0.15) is 0 Å². The molecule has 0 saturated heterocycles. The smallest absolute Gasteiger partial charge is 0.341 e. The van der Waals surface area contributed by atoms with Gasteiger partial charge in [-0.15, -0.1) is 0 Å². The predicted molar refractivity (Wildman–Crippen MR) is 83.8 cm³/mol. The summed E-state index contributed by atoms with van der Waals surface area (Å²) in [5.74, 6) is -1.01. The molecule has 0 spiro atoms. The summed E-state index contributed by atoms with van der Waals surface area (Å²) in [7, 11) is 0. The number of nitrogens with one attached hydrogen (secondary N) is 1. The van der Waals surface area contributed by atoms with E-state index in [1.807, 2.05) is 45.2 Å². The average Bonchev–Trinajstić information content (AvgIpc) is 2.29. The van der Waals surface area contributed by atoms with Gasteiger partial charge in [-0.1, -0.05) is 0 Å². The number of esters is 1. The summed E-state index contributed by atoms with van der Waals surface area (Å²) < 4.78 is 5.92. The lowest BCUT2D eigenvalue weighted by Gasteiger charge is -2.12.